The van der Waals surface area contributed by atoms with Crippen molar-refractivity contribution in [2.24, 2.45) is 0 Å². The number of benzene rings is 6. The molecule has 6 aromatic rings. The highest BCUT2D eigenvalue weighted by atomic mass is 16.6. The van der Waals surface area contributed by atoms with Gasteiger partial charge in [0.15, 0.2) is 0 Å². The van der Waals surface area contributed by atoms with Gasteiger partial charge in [-0.3, -0.25) is 0 Å². The Kier molecular flexibility index (Phi) is 13.1. The summed E-state index contributed by atoms with van der Waals surface area (Å²) >= 11 is 0. The van der Waals surface area contributed by atoms with Gasteiger partial charge in [0.1, 0.15) is 18.3 Å². The Labute approximate surface area is 290 Å². The molecular weight excluding hydrogens is 608 g/mol. The maximum Gasteiger partial charge on any atom is 0.115 e. The monoisotopic (exact) mass is 652 g/mol. The van der Waals surface area contributed by atoms with Gasteiger partial charge >= 0.3 is 0 Å². The zero-order valence-corrected chi connectivity index (χ0v) is 27.8. The van der Waals surface area contributed by atoms with Crippen LogP contribution in [0.25, 0.3) is 10.8 Å². The minimum absolute atomic E-state index is 0.309. The van der Waals surface area contributed by atoms with Gasteiger partial charge in [-0.1, -0.05) is 158 Å². The van der Waals surface area contributed by atoms with E-state index in [9.17, 15) is 0 Å². The molecule has 0 aromatic heterocycles. The van der Waals surface area contributed by atoms with Crippen molar-refractivity contribution in [1.82, 2.24) is 0 Å². The molecule has 6 aromatic carbocycles. The summed E-state index contributed by atoms with van der Waals surface area (Å²) in [5.41, 5.74) is 5.42. The highest BCUT2D eigenvalue weighted by Gasteiger charge is 2.33. The van der Waals surface area contributed by atoms with Crippen LogP contribution in [0.2, 0.25) is 0 Å². The van der Waals surface area contributed by atoms with Crippen molar-refractivity contribution in [2.45, 2.75) is 51.3 Å². The minimum atomic E-state index is -0.500. The van der Waals surface area contributed by atoms with Crippen LogP contribution in [-0.2, 0) is 56.7 Å². The summed E-state index contributed by atoms with van der Waals surface area (Å²) in [7, 11) is 0. The molecule has 49 heavy (non-hydrogen) atoms. The number of ether oxygens (including phenoxy) is 5. The van der Waals surface area contributed by atoms with Crippen molar-refractivity contribution >= 4 is 10.8 Å². The Bertz CT molecular complexity index is 1780. The van der Waals surface area contributed by atoms with Crippen LogP contribution in [-0.4, -0.2) is 31.5 Å². The first kappa shape index (κ1) is 34.3. The van der Waals surface area contributed by atoms with Crippen LogP contribution in [0.3, 0.4) is 0 Å². The Hall–Kier alpha value is -4.62. The fourth-order valence-electron chi connectivity index (χ4n) is 5.74. The van der Waals surface area contributed by atoms with Crippen LogP contribution >= 0.6 is 0 Å². The second kappa shape index (κ2) is 18.8. The largest absolute Gasteiger partial charge is 0.374 e. The van der Waals surface area contributed by atoms with Gasteiger partial charge < -0.3 is 23.7 Å². The third-order valence-electron chi connectivity index (χ3n) is 8.39. The van der Waals surface area contributed by atoms with E-state index in [0.29, 0.717) is 46.2 Å². The Morgan fingerprint density at radius 3 is 1.20 bits per heavy atom. The number of fused-ring (bicyclic) bond motifs is 1. The molecule has 6 rings (SSSR count). The summed E-state index contributed by atoms with van der Waals surface area (Å²) in [5.74, 6) is 0. The lowest BCUT2D eigenvalue weighted by molar-refractivity contribution is -0.181. The Balaban J connectivity index is 1.25. The van der Waals surface area contributed by atoms with Crippen molar-refractivity contribution in [1.29, 1.82) is 0 Å². The van der Waals surface area contributed by atoms with Crippen LogP contribution in [0.1, 0.15) is 27.8 Å². The molecule has 0 radical (unpaired) electrons. The molecule has 250 valence electrons. The first-order chi connectivity index (χ1) is 24.3. The van der Waals surface area contributed by atoms with Gasteiger partial charge in [-0.15, -0.1) is 0 Å². The molecule has 5 heteroatoms. The maximum atomic E-state index is 6.78. The van der Waals surface area contributed by atoms with E-state index in [4.69, 9.17) is 23.7 Å². The summed E-state index contributed by atoms with van der Waals surface area (Å²) in [6.07, 6.45) is -1.40. The predicted octanol–water partition coefficient (Wildman–Crippen LogP) is 9.33. The van der Waals surface area contributed by atoms with Gasteiger partial charge in [0.2, 0.25) is 0 Å². The molecule has 0 heterocycles. The molecule has 0 saturated heterocycles. The third-order valence-corrected chi connectivity index (χ3v) is 8.39. The fourth-order valence-corrected chi connectivity index (χ4v) is 5.74. The average molecular weight is 653 g/mol. The first-order valence-corrected chi connectivity index (χ1v) is 16.9. The lowest BCUT2D eigenvalue weighted by Crippen LogP contribution is -2.47. The van der Waals surface area contributed by atoms with Gasteiger partial charge in [0, 0.05) is 0 Å². The molecule has 0 unspecified atom stereocenters. The van der Waals surface area contributed by atoms with Crippen LogP contribution in [0.15, 0.2) is 164 Å². The standard InChI is InChI=1S/C44H44O5/c1-5-15-35(16-6-1)28-45-33-42(47-30-36-17-7-2-8-18-36)44(49-32-38-21-11-4-12-22-38)43(48-31-37-19-9-3-10-20-37)34-46-29-39-25-26-40-23-13-14-24-41(40)27-39/h1-27,42-44H,28-34H2/t42-,43+,44-/m0/s1. The van der Waals surface area contributed by atoms with Crippen molar-refractivity contribution in [2.75, 3.05) is 13.2 Å². The van der Waals surface area contributed by atoms with Gasteiger partial charge in [-0.05, 0) is 44.7 Å². The first-order valence-electron chi connectivity index (χ1n) is 16.9. The molecule has 5 nitrogen and oxygen atoms in total. The molecule has 0 aliphatic rings. The van der Waals surface area contributed by atoms with Crippen molar-refractivity contribution in [3.63, 3.8) is 0 Å². The quantitative estimate of drug-likeness (QED) is 0.0873. The highest BCUT2D eigenvalue weighted by molar-refractivity contribution is 5.82. The van der Waals surface area contributed by atoms with Crippen molar-refractivity contribution in [3.8, 4) is 0 Å². The molecule has 0 aliphatic carbocycles. The summed E-state index contributed by atoms with van der Waals surface area (Å²) in [5, 5.41) is 2.40. The molecule has 0 fully saturated rings. The van der Waals surface area contributed by atoms with Crippen LogP contribution in [0.5, 0.6) is 0 Å². The van der Waals surface area contributed by atoms with Gasteiger partial charge in [-0.2, -0.15) is 0 Å². The molecule has 3 atom stereocenters. The SMILES string of the molecule is c1ccc(COC[C@H](OCc2ccccc2)[C@H](OCc2ccccc2)[C@@H](COCc2ccc3ccccc3c2)OCc2ccccc2)cc1. The summed E-state index contributed by atoms with van der Waals surface area (Å²) < 4.78 is 32.9. The Morgan fingerprint density at radius 1 is 0.327 bits per heavy atom. The van der Waals surface area contributed by atoms with Crippen LogP contribution in [0.4, 0.5) is 0 Å². The van der Waals surface area contributed by atoms with Crippen molar-refractivity contribution in [3.05, 3.63) is 192 Å². The normalized spacial score (nSPS) is 13.2. The lowest BCUT2D eigenvalue weighted by Gasteiger charge is -2.34. The van der Waals surface area contributed by atoms with E-state index < -0.39 is 18.3 Å². The second-order valence-electron chi connectivity index (χ2n) is 12.1. The topological polar surface area (TPSA) is 46.2 Å². The lowest BCUT2D eigenvalue weighted by atomic mass is 10.1. The van der Waals surface area contributed by atoms with E-state index >= 15 is 0 Å². The number of rotatable bonds is 19. The van der Waals surface area contributed by atoms with Crippen LogP contribution < -0.4 is 0 Å². The Morgan fingerprint density at radius 2 is 0.714 bits per heavy atom. The molecule has 0 spiro atoms. The van der Waals surface area contributed by atoms with E-state index in [0.717, 1.165) is 27.8 Å². The van der Waals surface area contributed by atoms with Gasteiger partial charge in [0.05, 0.1) is 46.2 Å². The molecule has 0 aliphatic heterocycles. The zero-order chi connectivity index (χ0) is 33.4. The van der Waals surface area contributed by atoms with Crippen molar-refractivity contribution < 1.29 is 23.7 Å². The molecule has 0 N–H and O–H groups in total. The number of hydrogen-bond donors (Lipinski definition) is 0. The van der Waals surface area contributed by atoms with E-state index in [1.807, 2.05) is 72.8 Å². The molecular formula is C44H44O5. The summed E-state index contributed by atoms with van der Waals surface area (Å²) in [6, 6.07) is 55.6. The zero-order valence-electron chi connectivity index (χ0n) is 27.8. The summed E-state index contributed by atoms with van der Waals surface area (Å²) in [6.45, 7) is 2.75. The predicted molar refractivity (Wildman–Crippen MR) is 195 cm³/mol. The van der Waals surface area contributed by atoms with E-state index in [2.05, 4.69) is 91.0 Å². The fraction of sp³-hybridized carbons (Fsp3) is 0.227. The average Bonchev–Trinajstić information content (AvgIpc) is 3.17. The van der Waals surface area contributed by atoms with Gasteiger partial charge in [0.25, 0.3) is 0 Å². The smallest absolute Gasteiger partial charge is 0.115 e. The maximum absolute atomic E-state index is 6.78. The molecule has 0 bridgehead atoms. The molecule has 0 amide bonds. The summed E-state index contributed by atoms with van der Waals surface area (Å²) in [4.78, 5) is 0. The third kappa shape index (κ3) is 10.9. The molecule has 0 saturated carbocycles. The van der Waals surface area contributed by atoms with E-state index in [-0.39, 0.29) is 0 Å². The van der Waals surface area contributed by atoms with E-state index in [1.165, 1.54) is 10.8 Å². The highest BCUT2D eigenvalue weighted by Crippen LogP contribution is 2.22. The van der Waals surface area contributed by atoms with Crippen LogP contribution in [0, 0.1) is 0 Å². The second-order valence-corrected chi connectivity index (χ2v) is 12.1. The van der Waals surface area contributed by atoms with Gasteiger partial charge in [-0.25, -0.2) is 0 Å². The number of hydrogen-bond acceptors (Lipinski definition) is 5. The van der Waals surface area contributed by atoms with E-state index in [1.54, 1.807) is 0 Å². The minimum Gasteiger partial charge on any atom is -0.374 e.